The molecule has 0 radical (unpaired) electrons. The number of carbonyl (C=O) groups excluding carboxylic acids is 2. The number of nitrogens with one attached hydrogen (secondary N) is 1. The van der Waals surface area contributed by atoms with Crippen molar-refractivity contribution in [2.75, 3.05) is 32.1 Å². The molecule has 0 saturated carbocycles. The number of aryl methyl sites for hydroxylation is 1. The summed E-state index contributed by atoms with van der Waals surface area (Å²) in [6.07, 6.45) is -0.418. The molecule has 1 atom stereocenters. The number of halogens is 2. The summed E-state index contributed by atoms with van der Waals surface area (Å²) in [6.45, 7) is 2.56. The molecule has 1 aliphatic rings. The summed E-state index contributed by atoms with van der Waals surface area (Å²) in [4.78, 5) is 26.5. The number of methoxy groups -OCH3 is 1. The SMILES string of the molecule is COc1cc(Cl)c(C)cc1NC(=O)C(=O)N1CCO[C@@H](c2ccc(F)cc2)C1. The average molecular weight is 407 g/mol. The Balaban J connectivity index is 1.70. The summed E-state index contributed by atoms with van der Waals surface area (Å²) in [6, 6.07) is 9.11. The summed E-state index contributed by atoms with van der Waals surface area (Å²) >= 11 is 6.06. The zero-order chi connectivity index (χ0) is 20.3. The molecule has 3 rings (SSSR count). The molecule has 2 aromatic carbocycles. The predicted octanol–water partition coefficient (Wildman–Crippen LogP) is 3.33. The van der Waals surface area contributed by atoms with E-state index >= 15 is 0 Å². The number of hydrogen-bond acceptors (Lipinski definition) is 4. The van der Waals surface area contributed by atoms with E-state index in [4.69, 9.17) is 21.1 Å². The molecule has 0 spiro atoms. The maximum Gasteiger partial charge on any atom is 0.314 e. The molecule has 1 saturated heterocycles. The number of nitrogens with zero attached hydrogens (tertiary/aromatic N) is 1. The molecule has 1 heterocycles. The highest BCUT2D eigenvalue weighted by atomic mass is 35.5. The first-order valence-corrected chi connectivity index (χ1v) is 9.08. The second kappa shape index (κ2) is 8.58. The molecule has 0 unspecified atom stereocenters. The molecule has 1 aliphatic heterocycles. The fourth-order valence-corrected chi connectivity index (χ4v) is 3.12. The maximum absolute atomic E-state index is 13.1. The van der Waals surface area contributed by atoms with Crippen LogP contribution in [0.15, 0.2) is 36.4 Å². The highest BCUT2D eigenvalue weighted by Gasteiger charge is 2.29. The molecule has 0 aliphatic carbocycles. The number of morpholine rings is 1. The van der Waals surface area contributed by atoms with Gasteiger partial charge in [-0.2, -0.15) is 0 Å². The number of amides is 2. The first kappa shape index (κ1) is 20.1. The van der Waals surface area contributed by atoms with Gasteiger partial charge in [-0.05, 0) is 36.2 Å². The second-order valence-electron chi connectivity index (χ2n) is 6.42. The molecular weight excluding hydrogens is 387 g/mol. The minimum Gasteiger partial charge on any atom is -0.495 e. The molecule has 2 amide bonds. The Morgan fingerprint density at radius 2 is 2.00 bits per heavy atom. The van der Waals surface area contributed by atoms with Gasteiger partial charge in [0.1, 0.15) is 17.7 Å². The van der Waals surface area contributed by atoms with Crippen molar-refractivity contribution in [2.45, 2.75) is 13.0 Å². The van der Waals surface area contributed by atoms with Gasteiger partial charge in [0.15, 0.2) is 0 Å². The molecule has 1 N–H and O–H groups in total. The first-order valence-electron chi connectivity index (χ1n) is 8.70. The maximum atomic E-state index is 13.1. The molecular formula is C20H20ClFN2O4. The van der Waals surface area contributed by atoms with Crippen LogP contribution in [0.25, 0.3) is 0 Å². The summed E-state index contributed by atoms with van der Waals surface area (Å²) in [5, 5.41) is 3.08. The number of hydrogen-bond donors (Lipinski definition) is 1. The minimum absolute atomic E-state index is 0.203. The molecule has 2 aromatic rings. The normalized spacial score (nSPS) is 16.6. The quantitative estimate of drug-likeness (QED) is 0.794. The van der Waals surface area contributed by atoms with Gasteiger partial charge in [-0.3, -0.25) is 9.59 Å². The van der Waals surface area contributed by atoms with Crippen LogP contribution in [0, 0.1) is 12.7 Å². The van der Waals surface area contributed by atoms with Gasteiger partial charge in [0, 0.05) is 17.6 Å². The zero-order valence-corrected chi connectivity index (χ0v) is 16.3. The molecule has 148 valence electrons. The fraction of sp³-hybridized carbons (Fsp3) is 0.300. The fourth-order valence-electron chi connectivity index (χ4n) is 2.96. The van der Waals surface area contributed by atoms with Crippen molar-refractivity contribution in [3.05, 3.63) is 58.4 Å². The number of ether oxygens (including phenoxy) is 2. The van der Waals surface area contributed by atoms with Crippen LogP contribution in [0.2, 0.25) is 5.02 Å². The van der Waals surface area contributed by atoms with Crippen molar-refractivity contribution >= 4 is 29.1 Å². The minimum atomic E-state index is -0.778. The van der Waals surface area contributed by atoms with E-state index in [-0.39, 0.29) is 19.0 Å². The summed E-state index contributed by atoms with van der Waals surface area (Å²) in [5.41, 5.74) is 1.85. The number of rotatable bonds is 3. The van der Waals surface area contributed by atoms with Crippen LogP contribution < -0.4 is 10.1 Å². The number of carbonyl (C=O) groups is 2. The molecule has 28 heavy (non-hydrogen) atoms. The standard InChI is InChI=1S/C20H20ClFN2O4/c1-12-9-16(17(27-2)10-15(12)21)23-19(25)20(26)24-7-8-28-18(11-24)13-3-5-14(22)6-4-13/h3-6,9-10,18H,7-8,11H2,1-2H3,(H,23,25)/t18-/m1/s1. The van der Waals surface area contributed by atoms with Gasteiger partial charge in [0.2, 0.25) is 0 Å². The Hall–Kier alpha value is -2.64. The van der Waals surface area contributed by atoms with E-state index in [0.717, 1.165) is 11.1 Å². The average Bonchev–Trinajstić information content (AvgIpc) is 2.70. The van der Waals surface area contributed by atoms with Gasteiger partial charge in [0.05, 0.1) is 25.9 Å². The summed E-state index contributed by atoms with van der Waals surface area (Å²) in [7, 11) is 1.45. The van der Waals surface area contributed by atoms with Crippen LogP contribution in [-0.2, 0) is 14.3 Å². The van der Waals surface area contributed by atoms with Crippen LogP contribution in [0.3, 0.4) is 0 Å². The van der Waals surface area contributed by atoms with Crippen molar-refractivity contribution in [1.29, 1.82) is 0 Å². The summed E-state index contributed by atoms with van der Waals surface area (Å²) in [5.74, 6) is -1.44. The van der Waals surface area contributed by atoms with E-state index in [1.165, 1.54) is 24.1 Å². The van der Waals surface area contributed by atoms with Gasteiger partial charge in [-0.1, -0.05) is 23.7 Å². The monoisotopic (exact) mass is 406 g/mol. The third kappa shape index (κ3) is 4.43. The Morgan fingerprint density at radius 1 is 1.29 bits per heavy atom. The lowest BCUT2D eigenvalue weighted by atomic mass is 10.1. The smallest absolute Gasteiger partial charge is 0.314 e. The van der Waals surface area contributed by atoms with Crippen LogP contribution in [0.1, 0.15) is 17.2 Å². The lowest BCUT2D eigenvalue weighted by Crippen LogP contribution is -2.46. The Labute approximate surface area is 167 Å². The molecule has 0 bridgehead atoms. The van der Waals surface area contributed by atoms with Gasteiger partial charge >= 0.3 is 11.8 Å². The third-order valence-corrected chi connectivity index (χ3v) is 4.93. The van der Waals surface area contributed by atoms with E-state index in [9.17, 15) is 14.0 Å². The van der Waals surface area contributed by atoms with Crippen molar-refractivity contribution < 1.29 is 23.5 Å². The molecule has 8 heteroatoms. The topological polar surface area (TPSA) is 67.9 Å². The van der Waals surface area contributed by atoms with Gasteiger partial charge < -0.3 is 19.7 Å². The Morgan fingerprint density at radius 3 is 2.68 bits per heavy atom. The summed E-state index contributed by atoms with van der Waals surface area (Å²) < 4.78 is 24.0. The van der Waals surface area contributed by atoms with Crippen molar-refractivity contribution in [3.8, 4) is 5.75 Å². The van der Waals surface area contributed by atoms with Gasteiger partial charge in [0.25, 0.3) is 0 Å². The highest BCUT2D eigenvalue weighted by Crippen LogP contribution is 2.31. The molecule has 1 fully saturated rings. The van der Waals surface area contributed by atoms with Crippen molar-refractivity contribution in [3.63, 3.8) is 0 Å². The second-order valence-corrected chi connectivity index (χ2v) is 6.83. The van der Waals surface area contributed by atoms with Crippen molar-refractivity contribution in [2.24, 2.45) is 0 Å². The van der Waals surface area contributed by atoms with E-state index in [0.29, 0.717) is 23.0 Å². The van der Waals surface area contributed by atoms with E-state index in [1.807, 2.05) is 0 Å². The van der Waals surface area contributed by atoms with Crippen molar-refractivity contribution in [1.82, 2.24) is 4.90 Å². The lowest BCUT2D eigenvalue weighted by molar-refractivity contribution is -0.148. The predicted molar refractivity (Wildman–Crippen MR) is 103 cm³/mol. The first-order chi connectivity index (χ1) is 13.4. The Bertz CT molecular complexity index is 889. The van der Waals surface area contributed by atoms with E-state index in [2.05, 4.69) is 5.32 Å². The third-order valence-electron chi connectivity index (χ3n) is 4.52. The van der Waals surface area contributed by atoms with Gasteiger partial charge in [-0.25, -0.2) is 4.39 Å². The molecule has 0 aromatic heterocycles. The largest absolute Gasteiger partial charge is 0.495 e. The molecule has 6 nitrogen and oxygen atoms in total. The van der Waals surface area contributed by atoms with Gasteiger partial charge in [-0.15, -0.1) is 0 Å². The van der Waals surface area contributed by atoms with Crippen LogP contribution in [0.4, 0.5) is 10.1 Å². The highest BCUT2D eigenvalue weighted by molar-refractivity contribution is 6.39. The van der Waals surface area contributed by atoms with Crippen LogP contribution >= 0.6 is 11.6 Å². The van der Waals surface area contributed by atoms with E-state index in [1.54, 1.807) is 31.2 Å². The van der Waals surface area contributed by atoms with E-state index < -0.39 is 17.9 Å². The number of benzene rings is 2. The van der Waals surface area contributed by atoms with Crippen LogP contribution in [0.5, 0.6) is 5.75 Å². The Kier molecular flexibility index (Phi) is 6.16. The number of anilines is 1. The lowest BCUT2D eigenvalue weighted by Gasteiger charge is -2.32. The zero-order valence-electron chi connectivity index (χ0n) is 15.5. The van der Waals surface area contributed by atoms with Crippen LogP contribution in [-0.4, -0.2) is 43.5 Å².